The third kappa shape index (κ3) is 4.70. The van der Waals surface area contributed by atoms with Gasteiger partial charge in [0.1, 0.15) is 0 Å². The van der Waals surface area contributed by atoms with Crippen molar-refractivity contribution in [3.8, 4) is 5.69 Å². The number of hydrogen-bond donors (Lipinski definition) is 2. The lowest BCUT2D eigenvalue weighted by Gasteiger charge is -2.07. The van der Waals surface area contributed by atoms with Gasteiger partial charge in [0.05, 0.1) is 11.9 Å². The summed E-state index contributed by atoms with van der Waals surface area (Å²) in [7, 11) is 0. The average molecular weight is 334 g/mol. The van der Waals surface area contributed by atoms with Gasteiger partial charge in [-0.15, -0.1) is 0 Å². The highest BCUT2D eigenvalue weighted by Crippen LogP contribution is 2.11. The summed E-state index contributed by atoms with van der Waals surface area (Å²) in [6.07, 6.45) is 5.84. The van der Waals surface area contributed by atoms with Crippen molar-refractivity contribution in [3.05, 3.63) is 78.1 Å². The van der Waals surface area contributed by atoms with Gasteiger partial charge in [0, 0.05) is 24.0 Å². The van der Waals surface area contributed by atoms with Gasteiger partial charge in [-0.2, -0.15) is 5.10 Å². The Bertz CT molecular complexity index is 809. The van der Waals surface area contributed by atoms with E-state index in [9.17, 15) is 4.79 Å². The number of carbonyl (C=O) groups excluding carboxylic acids is 1. The van der Waals surface area contributed by atoms with E-state index in [4.69, 9.17) is 0 Å². The molecule has 0 unspecified atom stereocenters. The summed E-state index contributed by atoms with van der Waals surface area (Å²) in [5.41, 5.74) is 4.00. The molecule has 0 spiro atoms. The predicted molar refractivity (Wildman–Crippen MR) is 99.9 cm³/mol. The van der Waals surface area contributed by atoms with Crippen LogP contribution < -0.4 is 10.6 Å². The number of para-hydroxylation sites is 1. The van der Waals surface area contributed by atoms with E-state index in [1.54, 1.807) is 10.9 Å². The fourth-order valence-corrected chi connectivity index (χ4v) is 2.57. The lowest BCUT2D eigenvalue weighted by Crippen LogP contribution is -2.28. The van der Waals surface area contributed by atoms with Crippen molar-refractivity contribution in [1.29, 1.82) is 0 Å². The zero-order chi connectivity index (χ0) is 17.5. The fraction of sp³-hybridized carbons (Fsp3) is 0.200. The van der Waals surface area contributed by atoms with Gasteiger partial charge < -0.3 is 10.6 Å². The Kier molecular flexibility index (Phi) is 5.46. The first kappa shape index (κ1) is 16.8. The molecule has 2 N–H and O–H groups in total. The van der Waals surface area contributed by atoms with Gasteiger partial charge in [-0.3, -0.25) is 0 Å². The van der Waals surface area contributed by atoms with E-state index in [0.717, 1.165) is 29.8 Å². The van der Waals surface area contributed by atoms with Crippen molar-refractivity contribution in [1.82, 2.24) is 15.1 Å². The van der Waals surface area contributed by atoms with Gasteiger partial charge in [0.15, 0.2) is 0 Å². The second-order valence-electron chi connectivity index (χ2n) is 5.88. The number of urea groups is 1. The number of anilines is 1. The molecule has 0 atom stereocenters. The monoisotopic (exact) mass is 334 g/mol. The Labute approximate surface area is 147 Å². The molecule has 0 bridgehead atoms. The molecule has 0 saturated heterocycles. The standard InChI is InChI=1S/C20H22N4O/c1-2-6-16-9-11-18(12-10-16)23-20(25)21-13-17-14-22-24(15-17)19-7-4-3-5-8-19/h3-5,7-12,14-15H,2,6,13H2,1H3,(H2,21,23,25). The number of aryl methyl sites for hydroxylation is 1. The van der Waals surface area contributed by atoms with Crippen LogP contribution in [0.2, 0.25) is 0 Å². The van der Waals surface area contributed by atoms with E-state index in [0.29, 0.717) is 6.54 Å². The number of amides is 2. The molecule has 0 aliphatic heterocycles. The minimum absolute atomic E-state index is 0.226. The number of carbonyl (C=O) groups is 1. The zero-order valence-electron chi connectivity index (χ0n) is 14.3. The average Bonchev–Trinajstić information content (AvgIpc) is 3.12. The SMILES string of the molecule is CCCc1ccc(NC(=O)NCc2cnn(-c3ccccc3)c2)cc1. The molecule has 5 heteroatoms. The summed E-state index contributed by atoms with van der Waals surface area (Å²) in [4.78, 5) is 12.0. The molecule has 3 rings (SSSR count). The minimum Gasteiger partial charge on any atom is -0.334 e. The van der Waals surface area contributed by atoms with E-state index < -0.39 is 0 Å². The normalized spacial score (nSPS) is 10.4. The van der Waals surface area contributed by atoms with Crippen LogP contribution in [-0.2, 0) is 13.0 Å². The van der Waals surface area contributed by atoms with Gasteiger partial charge in [-0.1, -0.05) is 43.7 Å². The molecule has 1 heterocycles. The fourth-order valence-electron chi connectivity index (χ4n) is 2.57. The molecule has 0 aliphatic carbocycles. The summed E-state index contributed by atoms with van der Waals surface area (Å²) in [5, 5.41) is 10.0. The largest absolute Gasteiger partial charge is 0.334 e. The lowest BCUT2D eigenvalue weighted by atomic mass is 10.1. The van der Waals surface area contributed by atoms with Gasteiger partial charge >= 0.3 is 6.03 Å². The molecule has 128 valence electrons. The molecule has 2 amide bonds. The van der Waals surface area contributed by atoms with Gasteiger partial charge in [-0.25, -0.2) is 9.48 Å². The Morgan fingerprint density at radius 2 is 1.80 bits per heavy atom. The van der Waals surface area contributed by atoms with Crippen LogP contribution >= 0.6 is 0 Å². The van der Waals surface area contributed by atoms with Crippen LogP contribution in [0.25, 0.3) is 5.69 Å². The first-order valence-corrected chi connectivity index (χ1v) is 8.47. The van der Waals surface area contributed by atoms with E-state index in [1.165, 1.54) is 5.56 Å². The molecule has 1 aromatic heterocycles. The van der Waals surface area contributed by atoms with Crippen molar-refractivity contribution >= 4 is 11.7 Å². The molecule has 0 saturated carbocycles. The molecule has 25 heavy (non-hydrogen) atoms. The van der Waals surface area contributed by atoms with E-state index >= 15 is 0 Å². The summed E-state index contributed by atoms with van der Waals surface area (Å²) in [6.45, 7) is 2.58. The second kappa shape index (κ2) is 8.15. The number of benzene rings is 2. The Morgan fingerprint density at radius 3 is 2.52 bits per heavy atom. The highest BCUT2D eigenvalue weighted by Gasteiger charge is 2.04. The summed E-state index contributed by atoms with van der Waals surface area (Å²) >= 11 is 0. The molecule has 0 aliphatic rings. The van der Waals surface area contributed by atoms with Crippen molar-refractivity contribution in [2.45, 2.75) is 26.3 Å². The maximum absolute atomic E-state index is 12.0. The number of rotatable bonds is 6. The van der Waals surface area contributed by atoms with Gasteiger partial charge in [0.2, 0.25) is 0 Å². The molecule has 2 aromatic carbocycles. The molecular formula is C20H22N4O. The summed E-state index contributed by atoms with van der Waals surface area (Å²) in [5.74, 6) is 0. The van der Waals surface area contributed by atoms with Crippen LogP contribution in [0.4, 0.5) is 10.5 Å². The van der Waals surface area contributed by atoms with Crippen LogP contribution in [-0.4, -0.2) is 15.8 Å². The van der Waals surface area contributed by atoms with Crippen molar-refractivity contribution in [3.63, 3.8) is 0 Å². The van der Waals surface area contributed by atoms with Crippen molar-refractivity contribution in [2.24, 2.45) is 0 Å². The number of hydrogen-bond acceptors (Lipinski definition) is 2. The third-order valence-electron chi connectivity index (χ3n) is 3.86. The van der Waals surface area contributed by atoms with E-state index in [-0.39, 0.29) is 6.03 Å². The van der Waals surface area contributed by atoms with Crippen molar-refractivity contribution in [2.75, 3.05) is 5.32 Å². The van der Waals surface area contributed by atoms with Crippen LogP contribution in [0.3, 0.4) is 0 Å². The quantitative estimate of drug-likeness (QED) is 0.711. The summed E-state index contributed by atoms with van der Waals surface area (Å²) < 4.78 is 1.79. The van der Waals surface area contributed by atoms with Crippen LogP contribution in [0, 0.1) is 0 Å². The van der Waals surface area contributed by atoms with Crippen LogP contribution in [0.15, 0.2) is 67.0 Å². The topological polar surface area (TPSA) is 59.0 Å². The number of nitrogens with zero attached hydrogens (tertiary/aromatic N) is 2. The zero-order valence-corrected chi connectivity index (χ0v) is 14.3. The number of nitrogens with one attached hydrogen (secondary N) is 2. The van der Waals surface area contributed by atoms with E-state index in [2.05, 4.69) is 22.7 Å². The van der Waals surface area contributed by atoms with E-state index in [1.807, 2.05) is 60.8 Å². The maximum atomic E-state index is 12.0. The molecule has 3 aromatic rings. The van der Waals surface area contributed by atoms with Gasteiger partial charge in [0.25, 0.3) is 0 Å². The van der Waals surface area contributed by atoms with Gasteiger partial charge in [-0.05, 0) is 36.2 Å². The number of aromatic nitrogens is 2. The maximum Gasteiger partial charge on any atom is 0.319 e. The molecule has 5 nitrogen and oxygen atoms in total. The highest BCUT2D eigenvalue weighted by molar-refractivity contribution is 5.89. The van der Waals surface area contributed by atoms with Crippen LogP contribution in [0.1, 0.15) is 24.5 Å². The molecular weight excluding hydrogens is 312 g/mol. The highest BCUT2D eigenvalue weighted by atomic mass is 16.2. The van der Waals surface area contributed by atoms with Crippen molar-refractivity contribution < 1.29 is 4.79 Å². The van der Waals surface area contributed by atoms with Crippen LogP contribution in [0.5, 0.6) is 0 Å². The first-order valence-electron chi connectivity index (χ1n) is 8.47. The smallest absolute Gasteiger partial charge is 0.319 e. The predicted octanol–water partition coefficient (Wildman–Crippen LogP) is 4.15. The second-order valence-corrected chi connectivity index (χ2v) is 5.88. The lowest BCUT2D eigenvalue weighted by molar-refractivity contribution is 0.251. The Balaban J connectivity index is 1.51. The third-order valence-corrected chi connectivity index (χ3v) is 3.86. The summed E-state index contributed by atoms with van der Waals surface area (Å²) in [6, 6.07) is 17.6. The minimum atomic E-state index is -0.226. The first-order chi connectivity index (χ1) is 12.2. The molecule has 0 fully saturated rings. The molecule has 0 radical (unpaired) electrons. The Hall–Kier alpha value is -3.08. The Morgan fingerprint density at radius 1 is 1.04 bits per heavy atom.